The van der Waals surface area contributed by atoms with Crippen molar-refractivity contribution in [1.82, 2.24) is 5.32 Å². The molecular weight excluding hydrogens is 271 g/mol. The maximum atomic E-state index is 13.1. The largest absolute Gasteiger partial charge is 0.467 e. The Morgan fingerprint density at radius 3 is 2.79 bits per heavy atom. The number of carbonyl (C=O) groups is 2. The Labute approximate surface area is 114 Å². The topological polar surface area (TPSA) is 81.4 Å². The van der Waals surface area contributed by atoms with E-state index in [1.54, 1.807) is 0 Å². The first-order chi connectivity index (χ1) is 8.93. The Hall–Kier alpha value is -1.76. The van der Waals surface area contributed by atoms with Crippen molar-refractivity contribution in [3.05, 3.63) is 24.0 Å². The number of hydrogen-bond donors (Lipinski definition) is 2. The Morgan fingerprint density at radius 2 is 2.21 bits per heavy atom. The average Bonchev–Trinajstić information content (AvgIpc) is 2.36. The highest BCUT2D eigenvalue weighted by Crippen LogP contribution is 2.26. The number of nitrogens with two attached hydrogens (primary N) is 1. The molecule has 0 bridgehead atoms. The number of nitrogen functional groups attached to an aromatic ring is 1. The fraction of sp³-hybridized carbons (Fsp3) is 0.333. The van der Waals surface area contributed by atoms with Gasteiger partial charge in [0, 0.05) is 23.3 Å². The van der Waals surface area contributed by atoms with Crippen molar-refractivity contribution >= 4 is 29.3 Å². The number of amides is 1. The third-order valence-corrected chi connectivity index (χ3v) is 3.41. The van der Waals surface area contributed by atoms with Gasteiger partial charge in [-0.2, -0.15) is 0 Å². The fourth-order valence-corrected chi connectivity index (χ4v) is 2.36. The van der Waals surface area contributed by atoms with Gasteiger partial charge in [-0.25, -0.2) is 9.18 Å². The van der Waals surface area contributed by atoms with Gasteiger partial charge in [0.25, 0.3) is 0 Å². The number of rotatable bonds is 5. The van der Waals surface area contributed by atoms with Gasteiger partial charge in [-0.15, -0.1) is 11.8 Å². The highest BCUT2D eigenvalue weighted by Gasteiger charge is 2.20. The summed E-state index contributed by atoms with van der Waals surface area (Å²) >= 11 is 1.17. The fourth-order valence-electron chi connectivity index (χ4n) is 1.36. The first kappa shape index (κ1) is 15.3. The lowest BCUT2D eigenvalue weighted by molar-refractivity contribution is -0.144. The number of nitrogens with one attached hydrogen (secondary N) is 1. The third kappa shape index (κ3) is 4.78. The molecule has 5 nitrogen and oxygen atoms in total. The van der Waals surface area contributed by atoms with Crippen molar-refractivity contribution in [2.45, 2.75) is 17.9 Å². The Balaban J connectivity index is 2.72. The van der Waals surface area contributed by atoms with Crippen molar-refractivity contribution < 1.29 is 18.7 Å². The third-order valence-electron chi connectivity index (χ3n) is 2.24. The number of esters is 1. The summed E-state index contributed by atoms with van der Waals surface area (Å²) in [4.78, 5) is 23.0. The lowest BCUT2D eigenvalue weighted by atomic mass is 10.3. The summed E-state index contributed by atoms with van der Waals surface area (Å²) in [6.45, 7) is 1.30. The van der Waals surface area contributed by atoms with Gasteiger partial charge in [-0.05, 0) is 18.2 Å². The van der Waals surface area contributed by atoms with E-state index in [4.69, 9.17) is 5.73 Å². The number of halogens is 1. The van der Waals surface area contributed by atoms with E-state index in [0.29, 0.717) is 10.6 Å². The van der Waals surface area contributed by atoms with E-state index in [2.05, 4.69) is 10.1 Å². The smallest absolute Gasteiger partial charge is 0.329 e. The molecule has 1 aromatic rings. The lowest BCUT2D eigenvalue weighted by Crippen LogP contribution is -2.42. The second-order valence-electron chi connectivity index (χ2n) is 3.77. The van der Waals surface area contributed by atoms with Crippen LogP contribution in [0.4, 0.5) is 10.1 Å². The van der Waals surface area contributed by atoms with E-state index in [1.165, 1.54) is 44.0 Å². The molecule has 0 heterocycles. The molecule has 0 radical (unpaired) electrons. The quantitative estimate of drug-likeness (QED) is 0.482. The highest BCUT2D eigenvalue weighted by atomic mass is 32.2. The Kier molecular flexibility index (Phi) is 5.62. The van der Waals surface area contributed by atoms with E-state index in [0.717, 1.165) is 0 Å². The number of anilines is 1. The van der Waals surface area contributed by atoms with Crippen LogP contribution in [0.3, 0.4) is 0 Å². The number of methoxy groups -OCH3 is 1. The predicted molar refractivity (Wildman–Crippen MR) is 71.2 cm³/mol. The minimum Gasteiger partial charge on any atom is -0.467 e. The van der Waals surface area contributed by atoms with Gasteiger partial charge in [0.1, 0.15) is 11.9 Å². The first-order valence-electron chi connectivity index (χ1n) is 5.46. The Bertz CT molecular complexity index is 482. The van der Waals surface area contributed by atoms with Gasteiger partial charge < -0.3 is 15.8 Å². The molecule has 104 valence electrons. The molecule has 0 aliphatic rings. The van der Waals surface area contributed by atoms with Crippen LogP contribution in [0.25, 0.3) is 0 Å². The number of thioether (sulfide) groups is 1. The normalized spacial score (nSPS) is 11.7. The monoisotopic (exact) mass is 286 g/mol. The number of ether oxygens (including phenoxy) is 1. The predicted octanol–water partition coefficient (Wildman–Crippen LogP) is 1.18. The van der Waals surface area contributed by atoms with E-state index in [1.807, 2.05) is 0 Å². The van der Waals surface area contributed by atoms with Gasteiger partial charge in [-0.3, -0.25) is 4.79 Å². The molecule has 0 spiro atoms. The zero-order valence-electron chi connectivity index (χ0n) is 10.6. The molecule has 19 heavy (non-hydrogen) atoms. The minimum absolute atomic E-state index is 0.208. The molecule has 0 aromatic heterocycles. The van der Waals surface area contributed by atoms with E-state index in [9.17, 15) is 14.0 Å². The maximum absolute atomic E-state index is 13.1. The number of hydrogen-bond acceptors (Lipinski definition) is 5. The molecule has 1 atom stereocenters. The van der Waals surface area contributed by atoms with Crippen LogP contribution in [0.15, 0.2) is 23.1 Å². The molecule has 1 unspecified atom stereocenters. The van der Waals surface area contributed by atoms with E-state index >= 15 is 0 Å². The van der Waals surface area contributed by atoms with Crippen molar-refractivity contribution in [2.75, 3.05) is 18.6 Å². The summed E-state index contributed by atoms with van der Waals surface area (Å²) in [7, 11) is 1.23. The molecule has 7 heteroatoms. The van der Waals surface area contributed by atoms with Gasteiger partial charge in [0.05, 0.1) is 7.11 Å². The van der Waals surface area contributed by atoms with Crippen molar-refractivity contribution in [1.29, 1.82) is 0 Å². The van der Waals surface area contributed by atoms with Gasteiger partial charge in [0.15, 0.2) is 0 Å². The van der Waals surface area contributed by atoms with Crippen LogP contribution in [0.2, 0.25) is 0 Å². The summed E-state index contributed by atoms with van der Waals surface area (Å²) in [6, 6.07) is 3.19. The molecule has 0 saturated carbocycles. The SMILES string of the molecule is COC(=O)C(CSc1cc(F)ccc1N)NC(C)=O. The molecule has 0 aliphatic carbocycles. The van der Waals surface area contributed by atoms with Gasteiger partial charge in [-0.1, -0.05) is 0 Å². The number of carbonyl (C=O) groups excluding carboxylic acids is 2. The summed E-state index contributed by atoms with van der Waals surface area (Å²) in [6.07, 6.45) is 0. The molecule has 3 N–H and O–H groups in total. The van der Waals surface area contributed by atoms with Gasteiger partial charge in [0.2, 0.25) is 5.91 Å². The number of benzene rings is 1. The lowest BCUT2D eigenvalue weighted by Gasteiger charge is -2.15. The van der Waals surface area contributed by atoms with Crippen molar-refractivity contribution in [3.63, 3.8) is 0 Å². The van der Waals surface area contributed by atoms with Crippen LogP contribution in [-0.4, -0.2) is 30.8 Å². The second-order valence-corrected chi connectivity index (χ2v) is 4.83. The maximum Gasteiger partial charge on any atom is 0.329 e. The summed E-state index contributed by atoms with van der Waals surface area (Å²) in [5, 5.41) is 2.47. The van der Waals surface area contributed by atoms with Crippen LogP contribution in [-0.2, 0) is 14.3 Å². The van der Waals surface area contributed by atoms with Gasteiger partial charge >= 0.3 is 5.97 Å². The highest BCUT2D eigenvalue weighted by molar-refractivity contribution is 7.99. The molecule has 0 fully saturated rings. The molecule has 0 aliphatic heterocycles. The van der Waals surface area contributed by atoms with Crippen LogP contribution in [0.1, 0.15) is 6.92 Å². The standard InChI is InChI=1S/C12H15FN2O3S/c1-7(16)15-10(12(17)18-2)6-19-11-5-8(13)3-4-9(11)14/h3-5,10H,6,14H2,1-2H3,(H,15,16). The summed E-state index contributed by atoms with van der Waals surface area (Å²) in [5.41, 5.74) is 6.11. The Morgan fingerprint density at radius 1 is 1.53 bits per heavy atom. The zero-order valence-corrected chi connectivity index (χ0v) is 11.4. The minimum atomic E-state index is -0.796. The van der Waals surface area contributed by atoms with Crippen LogP contribution < -0.4 is 11.1 Å². The molecule has 1 rings (SSSR count). The van der Waals surface area contributed by atoms with E-state index < -0.39 is 17.8 Å². The van der Waals surface area contributed by atoms with E-state index in [-0.39, 0.29) is 11.7 Å². The molecule has 1 amide bonds. The molecule has 1 aromatic carbocycles. The molecule has 0 saturated heterocycles. The average molecular weight is 286 g/mol. The summed E-state index contributed by atoms with van der Waals surface area (Å²) < 4.78 is 17.7. The van der Waals surface area contributed by atoms with Crippen LogP contribution in [0, 0.1) is 5.82 Å². The zero-order chi connectivity index (χ0) is 14.4. The van der Waals surface area contributed by atoms with Crippen molar-refractivity contribution in [2.24, 2.45) is 0 Å². The van der Waals surface area contributed by atoms with Crippen LogP contribution >= 0.6 is 11.8 Å². The second kappa shape index (κ2) is 6.98. The summed E-state index contributed by atoms with van der Waals surface area (Å²) in [5.74, 6) is -1.10. The first-order valence-corrected chi connectivity index (χ1v) is 6.45. The molecular formula is C12H15FN2O3S. The van der Waals surface area contributed by atoms with Crippen LogP contribution in [0.5, 0.6) is 0 Å². The van der Waals surface area contributed by atoms with Crippen molar-refractivity contribution in [3.8, 4) is 0 Å².